The number of carbonyl (C=O) groups is 1. The fourth-order valence-electron chi connectivity index (χ4n) is 4.00. The molecule has 3 aromatic carbocycles. The standard InChI is InChI=1S/C28H24N4O4S3/c1-3-36-22-15-8-7-14-21(22)32-25-24(39-28(32)37)26(34)31(19-11-5-4-6-12-19)27(30-25)38-17-23(33)29-18-10-9-13-20(16-18)35-2/h4-16H,3,17H2,1-2H3,(H,29,33). The summed E-state index contributed by atoms with van der Waals surface area (Å²) in [6, 6.07) is 23.8. The van der Waals surface area contributed by atoms with Gasteiger partial charge in [0.05, 0.1) is 30.8 Å². The number of para-hydroxylation sites is 3. The average Bonchev–Trinajstić information content (AvgIpc) is 3.29. The van der Waals surface area contributed by atoms with E-state index in [1.807, 2.05) is 61.5 Å². The topological polar surface area (TPSA) is 87.4 Å². The maximum absolute atomic E-state index is 13.9. The number of anilines is 1. The second-order valence-corrected chi connectivity index (χ2v) is 10.8. The quantitative estimate of drug-likeness (QED) is 0.129. The lowest BCUT2D eigenvalue weighted by Crippen LogP contribution is -2.22. The number of amides is 1. The fraction of sp³-hybridized carbons (Fsp3) is 0.143. The number of carbonyl (C=O) groups excluding carboxylic acids is 1. The minimum Gasteiger partial charge on any atom is -0.497 e. The Balaban J connectivity index is 1.59. The molecule has 1 amide bonds. The van der Waals surface area contributed by atoms with Crippen LogP contribution in [0.3, 0.4) is 0 Å². The van der Waals surface area contributed by atoms with Crippen LogP contribution in [0.1, 0.15) is 6.92 Å². The number of fused-ring (bicyclic) bond motifs is 1. The average molecular weight is 577 g/mol. The number of methoxy groups -OCH3 is 1. The van der Waals surface area contributed by atoms with Crippen LogP contribution in [0.4, 0.5) is 5.69 Å². The monoisotopic (exact) mass is 576 g/mol. The molecule has 0 aliphatic heterocycles. The van der Waals surface area contributed by atoms with Gasteiger partial charge in [0.2, 0.25) is 5.91 Å². The number of benzene rings is 3. The van der Waals surface area contributed by atoms with E-state index < -0.39 is 0 Å². The lowest BCUT2D eigenvalue weighted by molar-refractivity contribution is -0.113. The zero-order valence-electron chi connectivity index (χ0n) is 21.1. The summed E-state index contributed by atoms with van der Waals surface area (Å²) in [7, 11) is 1.57. The summed E-state index contributed by atoms with van der Waals surface area (Å²) < 4.78 is 15.2. The highest BCUT2D eigenvalue weighted by Gasteiger charge is 2.21. The predicted molar refractivity (Wildman–Crippen MR) is 159 cm³/mol. The number of nitrogens with one attached hydrogen (secondary N) is 1. The first-order valence-corrected chi connectivity index (χ1v) is 14.2. The first-order valence-electron chi connectivity index (χ1n) is 12.0. The predicted octanol–water partition coefficient (Wildman–Crippen LogP) is 6.11. The molecule has 8 nitrogen and oxygen atoms in total. The maximum atomic E-state index is 13.9. The number of hydrogen-bond acceptors (Lipinski definition) is 8. The molecule has 0 saturated carbocycles. The van der Waals surface area contributed by atoms with Crippen LogP contribution in [-0.2, 0) is 4.79 Å². The van der Waals surface area contributed by atoms with Gasteiger partial charge in [-0.05, 0) is 55.5 Å². The van der Waals surface area contributed by atoms with E-state index in [4.69, 9.17) is 26.7 Å². The van der Waals surface area contributed by atoms with Crippen molar-refractivity contribution in [3.05, 3.63) is 93.2 Å². The van der Waals surface area contributed by atoms with Gasteiger partial charge in [-0.15, -0.1) is 0 Å². The molecule has 1 N–H and O–H groups in total. The molecular formula is C28H24N4O4S3. The van der Waals surface area contributed by atoms with E-state index in [0.29, 0.717) is 54.6 Å². The fourth-order valence-corrected chi connectivity index (χ4v) is 6.09. The minimum atomic E-state index is -0.259. The third-order valence-electron chi connectivity index (χ3n) is 5.68. The molecule has 2 aromatic heterocycles. The molecule has 0 fully saturated rings. The van der Waals surface area contributed by atoms with E-state index in [1.165, 1.54) is 27.7 Å². The van der Waals surface area contributed by atoms with Gasteiger partial charge in [-0.2, -0.15) is 0 Å². The summed E-state index contributed by atoms with van der Waals surface area (Å²) in [5.41, 5.74) is 2.12. The van der Waals surface area contributed by atoms with Gasteiger partial charge in [-0.3, -0.25) is 18.7 Å². The Morgan fingerprint density at radius 2 is 1.82 bits per heavy atom. The van der Waals surface area contributed by atoms with Crippen molar-refractivity contribution in [1.29, 1.82) is 0 Å². The molecule has 0 saturated heterocycles. The lowest BCUT2D eigenvalue weighted by Gasteiger charge is -2.14. The van der Waals surface area contributed by atoms with Gasteiger partial charge in [0.15, 0.2) is 14.8 Å². The Bertz CT molecular complexity index is 1760. The van der Waals surface area contributed by atoms with E-state index in [2.05, 4.69) is 5.32 Å². The highest BCUT2D eigenvalue weighted by molar-refractivity contribution is 7.99. The molecule has 0 bridgehead atoms. The lowest BCUT2D eigenvalue weighted by atomic mass is 10.3. The van der Waals surface area contributed by atoms with Gasteiger partial charge < -0.3 is 14.8 Å². The molecule has 5 rings (SSSR count). The van der Waals surface area contributed by atoms with Crippen molar-refractivity contribution in [2.45, 2.75) is 12.1 Å². The van der Waals surface area contributed by atoms with Crippen LogP contribution in [0, 0.1) is 3.95 Å². The van der Waals surface area contributed by atoms with E-state index in [-0.39, 0.29) is 17.2 Å². The van der Waals surface area contributed by atoms with E-state index in [9.17, 15) is 9.59 Å². The largest absolute Gasteiger partial charge is 0.497 e. The molecule has 0 unspecified atom stereocenters. The number of rotatable bonds is 9. The maximum Gasteiger partial charge on any atom is 0.278 e. The number of thioether (sulfide) groups is 1. The highest BCUT2D eigenvalue weighted by atomic mass is 32.2. The number of nitrogens with zero attached hydrogens (tertiary/aromatic N) is 3. The molecule has 2 heterocycles. The molecule has 39 heavy (non-hydrogen) atoms. The highest BCUT2D eigenvalue weighted by Crippen LogP contribution is 2.31. The summed E-state index contributed by atoms with van der Waals surface area (Å²) in [6.07, 6.45) is 0. The van der Waals surface area contributed by atoms with Crippen molar-refractivity contribution in [2.75, 3.05) is 24.8 Å². The smallest absolute Gasteiger partial charge is 0.278 e. The van der Waals surface area contributed by atoms with Crippen LogP contribution in [0.25, 0.3) is 21.7 Å². The van der Waals surface area contributed by atoms with Crippen LogP contribution in [0.15, 0.2) is 88.8 Å². The van der Waals surface area contributed by atoms with Crippen molar-refractivity contribution in [3.8, 4) is 22.9 Å². The zero-order valence-corrected chi connectivity index (χ0v) is 23.6. The number of aromatic nitrogens is 3. The SMILES string of the molecule is CCOc1ccccc1-n1c(=S)sc2c(=O)n(-c3ccccc3)c(SCC(=O)Nc3cccc(OC)c3)nc21. The first kappa shape index (κ1) is 26.7. The summed E-state index contributed by atoms with van der Waals surface area (Å²) >= 11 is 8.07. The van der Waals surface area contributed by atoms with Gasteiger partial charge in [0, 0.05) is 11.8 Å². The van der Waals surface area contributed by atoms with Crippen LogP contribution in [0.2, 0.25) is 0 Å². The molecule has 5 aromatic rings. The Morgan fingerprint density at radius 3 is 2.59 bits per heavy atom. The van der Waals surface area contributed by atoms with Gasteiger partial charge in [-0.1, -0.05) is 59.5 Å². The summed E-state index contributed by atoms with van der Waals surface area (Å²) in [4.78, 5) is 31.6. The molecule has 0 spiro atoms. The van der Waals surface area contributed by atoms with Gasteiger partial charge in [0.25, 0.3) is 5.56 Å². The molecule has 198 valence electrons. The van der Waals surface area contributed by atoms with Crippen molar-refractivity contribution < 1.29 is 14.3 Å². The van der Waals surface area contributed by atoms with Crippen molar-refractivity contribution in [2.24, 2.45) is 0 Å². The Kier molecular flexibility index (Phi) is 8.10. The van der Waals surface area contributed by atoms with Gasteiger partial charge in [-0.25, -0.2) is 4.98 Å². The van der Waals surface area contributed by atoms with Crippen molar-refractivity contribution in [1.82, 2.24) is 14.1 Å². The van der Waals surface area contributed by atoms with E-state index >= 15 is 0 Å². The first-order chi connectivity index (χ1) is 19.0. The third kappa shape index (κ3) is 5.60. The molecule has 0 aliphatic carbocycles. The third-order valence-corrected chi connectivity index (χ3v) is 7.97. The summed E-state index contributed by atoms with van der Waals surface area (Å²) in [6.45, 7) is 2.38. The second kappa shape index (κ2) is 11.9. The molecule has 0 radical (unpaired) electrons. The number of hydrogen-bond donors (Lipinski definition) is 1. The summed E-state index contributed by atoms with van der Waals surface area (Å²) in [5, 5.41) is 3.24. The van der Waals surface area contributed by atoms with E-state index in [0.717, 1.165) is 0 Å². The van der Waals surface area contributed by atoms with Crippen LogP contribution < -0.4 is 20.3 Å². The van der Waals surface area contributed by atoms with E-state index in [1.54, 1.807) is 35.9 Å². The Morgan fingerprint density at radius 1 is 1.05 bits per heavy atom. The van der Waals surface area contributed by atoms with Gasteiger partial charge in [0.1, 0.15) is 16.2 Å². The van der Waals surface area contributed by atoms with Crippen molar-refractivity contribution in [3.63, 3.8) is 0 Å². The van der Waals surface area contributed by atoms with Crippen LogP contribution in [-0.4, -0.2) is 39.5 Å². The molecule has 0 atom stereocenters. The number of thiazole rings is 1. The zero-order chi connectivity index (χ0) is 27.4. The van der Waals surface area contributed by atoms with Gasteiger partial charge >= 0.3 is 0 Å². The van der Waals surface area contributed by atoms with Crippen molar-refractivity contribution >= 4 is 57.3 Å². The number of ether oxygens (including phenoxy) is 2. The summed E-state index contributed by atoms with van der Waals surface area (Å²) in [5.74, 6) is 1.06. The molecule has 0 aliphatic rings. The Hall–Kier alpha value is -3.93. The minimum absolute atomic E-state index is 0.0302. The van der Waals surface area contributed by atoms with Crippen LogP contribution in [0.5, 0.6) is 11.5 Å². The molecule has 11 heteroatoms. The molecular weight excluding hydrogens is 553 g/mol. The normalized spacial score (nSPS) is 10.9. The second-order valence-electron chi connectivity index (χ2n) is 8.20. The Labute approximate surface area is 237 Å². The van der Waals surface area contributed by atoms with Crippen LogP contribution >= 0.6 is 35.3 Å².